The fourth-order valence-electron chi connectivity index (χ4n) is 2.43. The number of anilines is 1. The summed E-state index contributed by atoms with van der Waals surface area (Å²) in [6, 6.07) is 4.53. The minimum atomic E-state index is -1.11. The van der Waals surface area contributed by atoms with Crippen LogP contribution in [0.1, 0.15) is 0 Å². The summed E-state index contributed by atoms with van der Waals surface area (Å²) >= 11 is 3.20. The summed E-state index contributed by atoms with van der Waals surface area (Å²) < 4.78 is 14.8. The zero-order chi connectivity index (χ0) is 19.4. The number of aliphatic imine (C=N–C) groups is 1. The topological polar surface area (TPSA) is 111 Å². The van der Waals surface area contributed by atoms with Crippen molar-refractivity contribution in [1.82, 2.24) is 10.5 Å². The summed E-state index contributed by atoms with van der Waals surface area (Å²) in [5.41, 5.74) is 6.32. The molecule has 2 aliphatic rings. The molecule has 0 bridgehead atoms. The van der Waals surface area contributed by atoms with Crippen LogP contribution in [0.2, 0.25) is 0 Å². The number of aliphatic hydroxyl groups is 2. The van der Waals surface area contributed by atoms with Gasteiger partial charge in [-0.1, -0.05) is 15.9 Å². The van der Waals surface area contributed by atoms with Crippen LogP contribution in [0.3, 0.4) is 0 Å². The third kappa shape index (κ3) is 4.70. The van der Waals surface area contributed by atoms with Gasteiger partial charge in [0, 0.05) is 4.47 Å². The first-order chi connectivity index (χ1) is 13.0. The third-order valence-corrected chi connectivity index (χ3v) is 4.29. The van der Waals surface area contributed by atoms with E-state index in [1.54, 1.807) is 30.9 Å². The number of hydrogen-bond acceptors (Lipinski definition) is 7. The molecular weight excluding hydrogens is 425 g/mol. The second kappa shape index (κ2) is 8.59. The molecule has 0 radical (unpaired) electrons. The molecule has 2 aliphatic heterocycles. The molecule has 1 aromatic rings. The molecule has 3 rings (SSSR count). The van der Waals surface area contributed by atoms with Crippen LogP contribution in [0.15, 0.2) is 51.5 Å². The second-order valence-electron chi connectivity index (χ2n) is 5.82. The molecule has 0 saturated heterocycles. The van der Waals surface area contributed by atoms with Crippen LogP contribution in [0.5, 0.6) is 0 Å². The van der Waals surface area contributed by atoms with E-state index in [0.29, 0.717) is 4.47 Å². The normalized spacial score (nSPS) is 19.3. The standard InChI is InChI=1S/C16H17BrFN5O4/c17-10-1-2-14(13(18)3-10)20-23-5-11-4-19-9-22(11)6-15(23)16(26)21-27-8-12(25)7-24/h1-4,6,9,12,20,24-25H,5,7-8H2,(H,21,26)/p+1. The number of halogens is 2. The number of hydroxylamine groups is 1. The Morgan fingerprint density at radius 3 is 3.07 bits per heavy atom. The lowest BCUT2D eigenvalue weighted by atomic mass is 10.2. The number of hydrogen-bond donors (Lipinski definition) is 5. The van der Waals surface area contributed by atoms with Crippen LogP contribution < -0.4 is 15.8 Å². The van der Waals surface area contributed by atoms with E-state index in [2.05, 4.69) is 31.8 Å². The van der Waals surface area contributed by atoms with Gasteiger partial charge in [-0.05, 0) is 18.2 Å². The zero-order valence-corrected chi connectivity index (χ0v) is 15.6. The van der Waals surface area contributed by atoms with Gasteiger partial charge in [0.25, 0.3) is 5.91 Å². The van der Waals surface area contributed by atoms with Crippen molar-refractivity contribution in [3.05, 3.63) is 52.3 Å². The number of nitrogens with one attached hydrogen (secondary N) is 3. The molecule has 0 spiro atoms. The van der Waals surface area contributed by atoms with Crippen LogP contribution in [-0.4, -0.2) is 53.3 Å². The van der Waals surface area contributed by atoms with Crippen LogP contribution >= 0.6 is 15.9 Å². The SMILES string of the molecule is O=C(NOCC(O)CO)C1=C[NH+]2C=NC=C2CN1Nc1ccc(Br)cc1F. The number of benzene rings is 1. The molecule has 0 aliphatic carbocycles. The highest BCUT2D eigenvalue weighted by molar-refractivity contribution is 9.10. The quantitative estimate of drug-likeness (QED) is 0.355. The lowest BCUT2D eigenvalue weighted by Crippen LogP contribution is -3.05. The van der Waals surface area contributed by atoms with Gasteiger partial charge in [-0.25, -0.2) is 19.8 Å². The summed E-state index contributed by atoms with van der Waals surface area (Å²) in [6.45, 7) is -0.478. The maximum Gasteiger partial charge on any atom is 0.298 e. The van der Waals surface area contributed by atoms with E-state index in [4.69, 9.17) is 9.94 Å². The molecule has 1 amide bonds. The minimum Gasteiger partial charge on any atom is -0.394 e. The highest BCUT2D eigenvalue weighted by Gasteiger charge is 2.32. The Morgan fingerprint density at radius 2 is 2.33 bits per heavy atom. The summed E-state index contributed by atoms with van der Waals surface area (Å²) in [5, 5.41) is 19.5. The lowest BCUT2D eigenvalue weighted by molar-refractivity contribution is -0.694. The number of rotatable bonds is 7. The van der Waals surface area contributed by atoms with E-state index in [-0.39, 0.29) is 24.5 Å². The molecule has 11 heteroatoms. The van der Waals surface area contributed by atoms with Gasteiger partial charge in [-0.3, -0.25) is 20.1 Å². The van der Waals surface area contributed by atoms with Gasteiger partial charge in [-0.2, -0.15) is 0 Å². The van der Waals surface area contributed by atoms with Crippen LogP contribution in [0.4, 0.5) is 10.1 Å². The van der Waals surface area contributed by atoms with Gasteiger partial charge in [0.15, 0.2) is 17.7 Å². The molecule has 2 unspecified atom stereocenters. The Balaban J connectivity index is 1.76. The number of carbonyl (C=O) groups is 1. The second-order valence-corrected chi connectivity index (χ2v) is 6.73. The van der Waals surface area contributed by atoms with E-state index in [1.807, 2.05) is 0 Å². The van der Waals surface area contributed by atoms with Crippen molar-refractivity contribution in [3.63, 3.8) is 0 Å². The summed E-state index contributed by atoms with van der Waals surface area (Å²) in [4.78, 5) is 22.2. The van der Waals surface area contributed by atoms with Crippen molar-refractivity contribution in [2.45, 2.75) is 6.10 Å². The summed E-state index contributed by atoms with van der Waals surface area (Å²) in [6.07, 6.45) is 3.77. The predicted octanol–water partition coefficient (Wildman–Crippen LogP) is -0.759. The van der Waals surface area contributed by atoms with E-state index in [9.17, 15) is 14.3 Å². The molecule has 9 nitrogen and oxygen atoms in total. The Labute approximate surface area is 162 Å². The number of hydrazine groups is 1. The van der Waals surface area contributed by atoms with Crippen molar-refractivity contribution in [3.8, 4) is 0 Å². The number of amides is 1. The van der Waals surface area contributed by atoms with Crippen LogP contribution in [0, 0.1) is 5.82 Å². The Kier molecular flexibility index (Phi) is 6.19. The first-order valence-corrected chi connectivity index (χ1v) is 8.78. The number of quaternary nitrogens is 1. The molecule has 5 N–H and O–H groups in total. The highest BCUT2D eigenvalue weighted by atomic mass is 79.9. The van der Waals surface area contributed by atoms with Gasteiger partial charge in [-0.15, -0.1) is 0 Å². The molecule has 0 aromatic heterocycles. The molecule has 2 atom stereocenters. The molecule has 144 valence electrons. The zero-order valence-electron chi connectivity index (χ0n) is 14.0. The Hall–Kier alpha value is -2.31. The molecular formula is C16H18BrFN5O4+. The first-order valence-electron chi connectivity index (χ1n) is 7.99. The van der Waals surface area contributed by atoms with Crippen molar-refractivity contribution >= 4 is 33.9 Å². The maximum atomic E-state index is 14.2. The fourth-order valence-corrected chi connectivity index (χ4v) is 2.76. The molecule has 1 aromatic carbocycles. The van der Waals surface area contributed by atoms with Crippen molar-refractivity contribution < 1.29 is 29.1 Å². The van der Waals surface area contributed by atoms with Gasteiger partial charge in [0.1, 0.15) is 31.3 Å². The van der Waals surface area contributed by atoms with Crippen molar-refractivity contribution in [1.29, 1.82) is 0 Å². The molecule has 0 fully saturated rings. The smallest absolute Gasteiger partial charge is 0.298 e. The Bertz CT molecular complexity index is 816. The lowest BCUT2D eigenvalue weighted by Gasteiger charge is -2.31. The fraction of sp³-hybridized carbons (Fsp3) is 0.250. The molecule has 0 saturated carbocycles. The maximum absolute atomic E-state index is 14.2. The highest BCUT2D eigenvalue weighted by Crippen LogP contribution is 2.22. The van der Waals surface area contributed by atoms with Crippen molar-refractivity contribution in [2.24, 2.45) is 4.99 Å². The summed E-state index contributed by atoms with van der Waals surface area (Å²) in [5.74, 6) is -1.09. The van der Waals surface area contributed by atoms with Gasteiger partial charge < -0.3 is 10.2 Å². The van der Waals surface area contributed by atoms with Crippen LogP contribution in [-0.2, 0) is 9.63 Å². The van der Waals surface area contributed by atoms with Crippen LogP contribution in [0.25, 0.3) is 0 Å². The van der Waals surface area contributed by atoms with Gasteiger partial charge in [0.2, 0.25) is 0 Å². The number of nitrogens with zero attached hydrogens (tertiary/aromatic N) is 2. The average molecular weight is 443 g/mol. The number of fused-ring (bicyclic) bond motifs is 1. The van der Waals surface area contributed by atoms with Gasteiger partial charge in [0.05, 0.1) is 18.5 Å². The van der Waals surface area contributed by atoms with E-state index >= 15 is 0 Å². The summed E-state index contributed by atoms with van der Waals surface area (Å²) in [7, 11) is 0. The average Bonchev–Trinajstić information content (AvgIpc) is 3.10. The monoisotopic (exact) mass is 442 g/mol. The van der Waals surface area contributed by atoms with E-state index in [1.165, 1.54) is 11.1 Å². The van der Waals surface area contributed by atoms with Gasteiger partial charge >= 0.3 is 0 Å². The largest absolute Gasteiger partial charge is 0.394 e. The number of aliphatic hydroxyl groups excluding tert-OH is 2. The van der Waals surface area contributed by atoms with E-state index in [0.717, 1.165) is 10.6 Å². The predicted molar refractivity (Wildman–Crippen MR) is 97.2 cm³/mol. The molecule has 27 heavy (non-hydrogen) atoms. The molecule has 2 heterocycles. The minimum absolute atomic E-state index is 0.177. The first kappa shape index (κ1) is 19.5. The third-order valence-electron chi connectivity index (χ3n) is 3.80. The number of carbonyl (C=O) groups excluding carboxylic acids is 1. The van der Waals surface area contributed by atoms with E-state index < -0.39 is 24.4 Å². The Morgan fingerprint density at radius 1 is 1.52 bits per heavy atom. The van der Waals surface area contributed by atoms with Crippen molar-refractivity contribution in [2.75, 3.05) is 25.2 Å².